The number of nitrogens with one attached hydrogen (secondary N) is 3. The second-order valence-corrected chi connectivity index (χ2v) is 3.71. The highest BCUT2D eigenvalue weighted by Crippen LogP contribution is 2.51. The molecule has 2 fully saturated rings. The van der Waals surface area contributed by atoms with E-state index < -0.39 is 0 Å². The zero-order valence-corrected chi connectivity index (χ0v) is 6.91. The predicted octanol–water partition coefficient (Wildman–Crippen LogP) is -1.74. The first-order valence-electron chi connectivity index (χ1n) is 4.39. The van der Waals surface area contributed by atoms with Crippen LogP contribution in [0.2, 0.25) is 0 Å². The Morgan fingerprint density at radius 2 is 1.62 bits per heavy atom. The normalized spacial score (nSPS) is 36.2. The molecule has 0 spiro atoms. The molecule has 2 unspecified atom stereocenters. The number of aromatic nitrogens is 3. The van der Waals surface area contributed by atoms with E-state index >= 15 is 0 Å². The Labute approximate surface area is 72.9 Å². The minimum atomic E-state index is -0.315. The van der Waals surface area contributed by atoms with Gasteiger partial charge in [0, 0.05) is 13.1 Å². The Kier molecular flexibility index (Phi) is 1.17. The molecule has 2 atom stereocenters. The zero-order chi connectivity index (χ0) is 9.00. The van der Waals surface area contributed by atoms with Crippen molar-refractivity contribution in [2.45, 2.75) is 6.04 Å². The monoisotopic (exact) mass is 182 g/mol. The van der Waals surface area contributed by atoms with E-state index in [0.717, 1.165) is 13.1 Å². The minimum absolute atomic E-state index is 0.128. The van der Waals surface area contributed by atoms with Gasteiger partial charge in [-0.3, -0.25) is 0 Å². The number of piperidine rings is 1. The number of fused-ring (bicyclic) bond motifs is 1. The van der Waals surface area contributed by atoms with Gasteiger partial charge in [-0.25, -0.2) is 24.4 Å². The molecule has 0 aromatic carbocycles. The van der Waals surface area contributed by atoms with Gasteiger partial charge in [0.15, 0.2) is 0 Å². The van der Waals surface area contributed by atoms with Gasteiger partial charge >= 0.3 is 11.4 Å². The highest BCUT2D eigenvalue weighted by Gasteiger charge is 2.55. The third-order valence-corrected chi connectivity index (χ3v) is 3.06. The van der Waals surface area contributed by atoms with Crippen LogP contribution in [-0.4, -0.2) is 27.9 Å². The molecule has 0 amide bonds. The molecule has 13 heavy (non-hydrogen) atoms. The Hall–Kier alpha value is -1.30. The number of aromatic amines is 2. The fraction of sp³-hybridized carbons (Fsp3) is 0.714. The van der Waals surface area contributed by atoms with Crippen LogP contribution in [0.25, 0.3) is 0 Å². The van der Waals surface area contributed by atoms with Crippen molar-refractivity contribution in [3.8, 4) is 0 Å². The van der Waals surface area contributed by atoms with Crippen molar-refractivity contribution in [2.24, 2.45) is 11.8 Å². The van der Waals surface area contributed by atoms with E-state index in [1.54, 1.807) is 0 Å². The minimum Gasteiger partial charge on any atom is -0.316 e. The summed E-state index contributed by atoms with van der Waals surface area (Å²) < 4.78 is 1.30. The van der Waals surface area contributed by atoms with Gasteiger partial charge in [0.2, 0.25) is 0 Å². The first kappa shape index (κ1) is 7.14. The van der Waals surface area contributed by atoms with Crippen molar-refractivity contribution in [2.75, 3.05) is 13.1 Å². The molecule has 3 N–H and O–H groups in total. The van der Waals surface area contributed by atoms with E-state index in [2.05, 4.69) is 15.5 Å². The summed E-state index contributed by atoms with van der Waals surface area (Å²) in [6, 6.07) is 0.128. The van der Waals surface area contributed by atoms with Crippen molar-refractivity contribution in [3.05, 3.63) is 21.0 Å². The molecule has 1 aromatic heterocycles. The van der Waals surface area contributed by atoms with Gasteiger partial charge in [-0.15, -0.1) is 0 Å². The number of nitrogens with zero attached hydrogens (tertiary/aromatic N) is 1. The highest BCUT2D eigenvalue weighted by atomic mass is 16.2. The average molecular weight is 182 g/mol. The highest BCUT2D eigenvalue weighted by molar-refractivity contribution is 5.08. The van der Waals surface area contributed by atoms with Gasteiger partial charge in [0.05, 0.1) is 6.04 Å². The third kappa shape index (κ3) is 0.806. The zero-order valence-electron chi connectivity index (χ0n) is 6.91. The molecular formula is C7H10N4O2. The van der Waals surface area contributed by atoms with Crippen LogP contribution in [0.3, 0.4) is 0 Å². The predicted molar refractivity (Wildman–Crippen MR) is 44.6 cm³/mol. The summed E-state index contributed by atoms with van der Waals surface area (Å²) in [6.07, 6.45) is 0. The summed E-state index contributed by atoms with van der Waals surface area (Å²) in [5.74, 6) is 0.962. The maximum Gasteiger partial charge on any atom is 0.344 e. The Bertz CT molecular complexity index is 404. The van der Waals surface area contributed by atoms with Gasteiger partial charge in [-0.1, -0.05) is 0 Å². The summed E-state index contributed by atoms with van der Waals surface area (Å²) in [5, 5.41) is 7.81. The molecule has 1 aliphatic heterocycles. The molecule has 0 bridgehead atoms. The topological polar surface area (TPSA) is 82.7 Å². The van der Waals surface area contributed by atoms with Crippen molar-refractivity contribution in [3.63, 3.8) is 0 Å². The number of rotatable bonds is 1. The molecule has 1 saturated heterocycles. The maximum atomic E-state index is 11.2. The quantitative estimate of drug-likeness (QED) is 0.482. The molecule has 3 rings (SSSR count). The average Bonchev–Trinajstić information content (AvgIpc) is 2.51. The van der Waals surface area contributed by atoms with E-state index in [0.29, 0.717) is 11.8 Å². The Morgan fingerprint density at radius 3 is 2.15 bits per heavy atom. The molecule has 0 radical (unpaired) electrons. The second-order valence-electron chi connectivity index (χ2n) is 3.71. The third-order valence-electron chi connectivity index (χ3n) is 3.06. The first-order chi connectivity index (χ1) is 6.29. The molecule has 70 valence electrons. The molecule has 1 aliphatic carbocycles. The van der Waals surface area contributed by atoms with Gasteiger partial charge in [-0.05, 0) is 11.8 Å². The van der Waals surface area contributed by atoms with Crippen molar-refractivity contribution in [1.82, 2.24) is 20.1 Å². The Morgan fingerprint density at radius 1 is 1.08 bits per heavy atom. The summed E-state index contributed by atoms with van der Waals surface area (Å²) in [4.78, 5) is 22.4. The van der Waals surface area contributed by atoms with E-state index in [1.807, 2.05) is 0 Å². The Balaban J connectivity index is 2.03. The molecule has 2 aliphatic rings. The summed E-state index contributed by atoms with van der Waals surface area (Å²) in [6.45, 7) is 1.85. The van der Waals surface area contributed by atoms with Gasteiger partial charge in [0.25, 0.3) is 0 Å². The van der Waals surface area contributed by atoms with Crippen LogP contribution in [0.1, 0.15) is 6.04 Å². The van der Waals surface area contributed by atoms with Crippen LogP contribution >= 0.6 is 0 Å². The fourth-order valence-electron chi connectivity index (χ4n) is 2.36. The van der Waals surface area contributed by atoms with Crippen LogP contribution in [-0.2, 0) is 0 Å². The van der Waals surface area contributed by atoms with Crippen LogP contribution in [0, 0.1) is 11.8 Å². The van der Waals surface area contributed by atoms with Crippen LogP contribution < -0.4 is 16.7 Å². The molecule has 2 heterocycles. The van der Waals surface area contributed by atoms with E-state index in [9.17, 15) is 9.59 Å². The number of hydrogen-bond acceptors (Lipinski definition) is 3. The molecule has 1 aromatic rings. The van der Waals surface area contributed by atoms with Crippen molar-refractivity contribution in [1.29, 1.82) is 0 Å². The lowest BCUT2D eigenvalue weighted by Gasteiger charge is -2.01. The smallest absolute Gasteiger partial charge is 0.316 e. The molecular weight excluding hydrogens is 172 g/mol. The van der Waals surface area contributed by atoms with E-state index in [1.165, 1.54) is 4.57 Å². The maximum absolute atomic E-state index is 11.2. The van der Waals surface area contributed by atoms with Crippen molar-refractivity contribution >= 4 is 0 Å². The lowest BCUT2D eigenvalue weighted by molar-refractivity contribution is 0.545. The summed E-state index contributed by atoms with van der Waals surface area (Å²) in [5.41, 5.74) is -0.631. The largest absolute Gasteiger partial charge is 0.344 e. The summed E-state index contributed by atoms with van der Waals surface area (Å²) in [7, 11) is 0. The lowest BCUT2D eigenvalue weighted by atomic mass is 10.4. The lowest BCUT2D eigenvalue weighted by Crippen LogP contribution is -2.29. The molecule has 1 saturated carbocycles. The number of hydrogen-bond donors (Lipinski definition) is 3. The SMILES string of the molecule is O=c1[nH][nH]c(=O)n1C1C2CNCC21. The van der Waals surface area contributed by atoms with E-state index in [4.69, 9.17) is 0 Å². The fourth-order valence-corrected chi connectivity index (χ4v) is 2.36. The van der Waals surface area contributed by atoms with Crippen molar-refractivity contribution < 1.29 is 0 Å². The van der Waals surface area contributed by atoms with Crippen LogP contribution in [0.15, 0.2) is 9.59 Å². The van der Waals surface area contributed by atoms with E-state index in [-0.39, 0.29) is 17.4 Å². The van der Waals surface area contributed by atoms with Crippen LogP contribution in [0.5, 0.6) is 0 Å². The first-order valence-corrected chi connectivity index (χ1v) is 4.39. The van der Waals surface area contributed by atoms with Gasteiger partial charge in [0.1, 0.15) is 0 Å². The van der Waals surface area contributed by atoms with Gasteiger partial charge in [-0.2, -0.15) is 0 Å². The molecule has 6 heteroatoms. The second kappa shape index (κ2) is 2.14. The van der Waals surface area contributed by atoms with Gasteiger partial charge < -0.3 is 5.32 Å². The van der Waals surface area contributed by atoms with Crippen LogP contribution in [0.4, 0.5) is 0 Å². The number of H-pyrrole nitrogens is 2. The molecule has 6 nitrogen and oxygen atoms in total. The summed E-state index contributed by atoms with van der Waals surface area (Å²) >= 11 is 0. The standard InChI is InChI=1S/C7H10N4O2/c12-6-9-10-7(13)11(6)5-3-1-8-2-4(3)5/h3-5,8H,1-2H2,(H,9,12)(H,10,13).